The first-order chi connectivity index (χ1) is 7.34. The van der Waals surface area contributed by atoms with Crippen molar-refractivity contribution in [3.63, 3.8) is 0 Å². The number of hydrogen-bond donors (Lipinski definition) is 2. The minimum absolute atomic E-state index is 0.239. The molecule has 4 nitrogen and oxygen atoms in total. The molecule has 0 aliphatic carbocycles. The summed E-state index contributed by atoms with van der Waals surface area (Å²) in [6, 6.07) is 5.58. The number of aryl methyl sites for hydroxylation is 1. The Bertz CT molecular complexity index is 394. The van der Waals surface area contributed by atoms with E-state index in [0.29, 0.717) is 11.4 Å². The van der Waals surface area contributed by atoms with E-state index in [1.807, 2.05) is 25.1 Å². The number of benzene rings is 1. The molecule has 0 spiro atoms. The van der Waals surface area contributed by atoms with Crippen LogP contribution in [-0.2, 0) is 4.79 Å². The van der Waals surface area contributed by atoms with E-state index < -0.39 is 5.54 Å². The lowest BCUT2D eigenvalue weighted by molar-refractivity contribution is -0.120. The molecular formula is C12H18N2O2. The number of methoxy groups -OCH3 is 1. The molecule has 0 bridgehead atoms. The smallest absolute Gasteiger partial charge is 0.243 e. The van der Waals surface area contributed by atoms with Gasteiger partial charge in [-0.1, -0.05) is 6.07 Å². The Balaban J connectivity index is 2.96. The van der Waals surface area contributed by atoms with Crippen molar-refractivity contribution in [3.05, 3.63) is 23.8 Å². The molecule has 0 unspecified atom stereocenters. The number of nitrogens with one attached hydrogen (secondary N) is 1. The van der Waals surface area contributed by atoms with Crippen molar-refractivity contribution >= 4 is 11.6 Å². The third-order valence-electron chi connectivity index (χ3n) is 2.19. The number of anilines is 1. The number of amides is 1. The van der Waals surface area contributed by atoms with Gasteiger partial charge in [0.2, 0.25) is 5.91 Å². The molecule has 0 aliphatic rings. The van der Waals surface area contributed by atoms with E-state index in [1.54, 1.807) is 21.0 Å². The maximum Gasteiger partial charge on any atom is 0.243 e. The van der Waals surface area contributed by atoms with Crippen LogP contribution in [0.5, 0.6) is 5.75 Å². The average molecular weight is 222 g/mol. The van der Waals surface area contributed by atoms with Gasteiger partial charge < -0.3 is 15.8 Å². The number of hydrogen-bond acceptors (Lipinski definition) is 3. The van der Waals surface area contributed by atoms with Gasteiger partial charge in [-0.25, -0.2) is 0 Å². The van der Waals surface area contributed by atoms with Crippen LogP contribution < -0.4 is 15.8 Å². The largest absolute Gasteiger partial charge is 0.495 e. The summed E-state index contributed by atoms with van der Waals surface area (Å²) in [5, 5.41) is 2.75. The van der Waals surface area contributed by atoms with E-state index in [-0.39, 0.29) is 5.91 Å². The van der Waals surface area contributed by atoms with E-state index in [2.05, 4.69) is 5.32 Å². The number of nitrogens with two attached hydrogens (primary N) is 1. The zero-order valence-corrected chi connectivity index (χ0v) is 10.1. The van der Waals surface area contributed by atoms with Gasteiger partial charge in [-0.15, -0.1) is 0 Å². The molecule has 1 rings (SSSR count). The van der Waals surface area contributed by atoms with Gasteiger partial charge in [0.25, 0.3) is 0 Å². The van der Waals surface area contributed by atoms with Crippen LogP contribution in [0.1, 0.15) is 19.4 Å². The highest BCUT2D eigenvalue weighted by Gasteiger charge is 2.22. The summed E-state index contributed by atoms with van der Waals surface area (Å²) in [6.07, 6.45) is 0. The second-order valence-electron chi connectivity index (χ2n) is 4.38. The second-order valence-corrected chi connectivity index (χ2v) is 4.38. The summed E-state index contributed by atoms with van der Waals surface area (Å²) in [6.45, 7) is 5.26. The molecule has 0 aromatic heterocycles. The van der Waals surface area contributed by atoms with Crippen LogP contribution in [0.3, 0.4) is 0 Å². The van der Waals surface area contributed by atoms with Crippen molar-refractivity contribution < 1.29 is 9.53 Å². The molecule has 16 heavy (non-hydrogen) atoms. The fraction of sp³-hybridized carbons (Fsp3) is 0.417. The van der Waals surface area contributed by atoms with Crippen LogP contribution in [-0.4, -0.2) is 18.6 Å². The van der Waals surface area contributed by atoms with Gasteiger partial charge >= 0.3 is 0 Å². The van der Waals surface area contributed by atoms with Crippen molar-refractivity contribution in [2.45, 2.75) is 26.3 Å². The minimum atomic E-state index is -0.908. The molecule has 3 N–H and O–H groups in total. The topological polar surface area (TPSA) is 64.3 Å². The quantitative estimate of drug-likeness (QED) is 0.817. The molecule has 0 heterocycles. The van der Waals surface area contributed by atoms with E-state index in [0.717, 1.165) is 5.56 Å². The lowest BCUT2D eigenvalue weighted by Crippen LogP contribution is -2.45. The van der Waals surface area contributed by atoms with E-state index in [4.69, 9.17) is 10.5 Å². The maximum absolute atomic E-state index is 11.7. The third kappa shape index (κ3) is 2.97. The van der Waals surface area contributed by atoms with Gasteiger partial charge in [0, 0.05) is 0 Å². The minimum Gasteiger partial charge on any atom is -0.495 e. The Kier molecular flexibility index (Phi) is 3.55. The highest BCUT2D eigenvalue weighted by atomic mass is 16.5. The summed E-state index contributed by atoms with van der Waals surface area (Å²) < 4.78 is 5.16. The van der Waals surface area contributed by atoms with Crippen molar-refractivity contribution in [2.75, 3.05) is 12.4 Å². The molecule has 0 radical (unpaired) electrons. The molecule has 0 aliphatic heterocycles. The first-order valence-corrected chi connectivity index (χ1v) is 5.09. The van der Waals surface area contributed by atoms with Gasteiger partial charge in [0.1, 0.15) is 5.75 Å². The van der Waals surface area contributed by atoms with Crippen molar-refractivity contribution in [1.29, 1.82) is 0 Å². The molecule has 1 amide bonds. The van der Waals surface area contributed by atoms with Gasteiger partial charge in [-0.3, -0.25) is 4.79 Å². The zero-order chi connectivity index (χ0) is 12.3. The molecule has 0 atom stereocenters. The highest BCUT2D eigenvalue weighted by Crippen LogP contribution is 2.25. The fourth-order valence-electron chi connectivity index (χ4n) is 1.20. The third-order valence-corrected chi connectivity index (χ3v) is 2.19. The summed E-state index contributed by atoms with van der Waals surface area (Å²) in [5.41, 5.74) is 6.49. The van der Waals surface area contributed by atoms with Crippen molar-refractivity contribution in [1.82, 2.24) is 0 Å². The lowest BCUT2D eigenvalue weighted by atomic mass is 10.1. The predicted octanol–water partition coefficient (Wildman–Crippen LogP) is 1.68. The van der Waals surface area contributed by atoms with Crippen LogP contribution in [0.4, 0.5) is 5.69 Å². The monoisotopic (exact) mass is 222 g/mol. The van der Waals surface area contributed by atoms with Gasteiger partial charge in [-0.2, -0.15) is 0 Å². The number of ether oxygens (including phenoxy) is 1. The molecule has 0 saturated carbocycles. The number of carbonyl (C=O) groups excluding carboxylic acids is 1. The SMILES string of the molecule is COc1ccc(C)cc1NC(=O)C(C)(C)N. The molecule has 88 valence electrons. The molecular weight excluding hydrogens is 204 g/mol. The summed E-state index contributed by atoms with van der Waals surface area (Å²) in [4.78, 5) is 11.7. The van der Waals surface area contributed by atoms with Crippen LogP contribution in [0.15, 0.2) is 18.2 Å². The molecule has 0 fully saturated rings. The summed E-state index contributed by atoms with van der Waals surface area (Å²) in [7, 11) is 1.56. The van der Waals surface area contributed by atoms with Gasteiger partial charge in [0.15, 0.2) is 0 Å². The summed E-state index contributed by atoms with van der Waals surface area (Å²) in [5.74, 6) is 0.389. The first kappa shape index (κ1) is 12.5. The van der Waals surface area contributed by atoms with Crippen molar-refractivity contribution in [3.8, 4) is 5.75 Å². The van der Waals surface area contributed by atoms with Crippen LogP contribution in [0, 0.1) is 6.92 Å². The number of rotatable bonds is 3. The number of carbonyl (C=O) groups is 1. The summed E-state index contributed by atoms with van der Waals surface area (Å²) >= 11 is 0. The Labute approximate surface area is 95.8 Å². The van der Waals surface area contributed by atoms with E-state index >= 15 is 0 Å². The van der Waals surface area contributed by atoms with Crippen molar-refractivity contribution in [2.24, 2.45) is 5.73 Å². The Hall–Kier alpha value is -1.55. The van der Waals surface area contributed by atoms with Crippen LogP contribution in [0.25, 0.3) is 0 Å². The van der Waals surface area contributed by atoms with E-state index in [1.165, 1.54) is 0 Å². The zero-order valence-electron chi connectivity index (χ0n) is 10.1. The normalized spacial score (nSPS) is 11.1. The highest BCUT2D eigenvalue weighted by molar-refractivity contribution is 5.98. The fourth-order valence-corrected chi connectivity index (χ4v) is 1.20. The standard InChI is InChI=1S/C12H18N2O2/c1-8-5-6-10(16-4)9(7-8)14-11(15)12(2,3)13/h5-7H,13H2,1-4H3,(H,14,15). The average Bonchev–Trinajstić information content (AvgIpc) is 2.16. The van der Waals surface area contributed by atoms with Crippen LogP contribution >= 0.6 is 0 Å². The molecule has 0 saturated heterocycles. The van der Waals surface area contributed by atoms with Crippen LogP contribution in [0.2, 0.25) is 0 Å². The predicted molar refractivity (Wildman–Crippen MR) is 64.6 cm³/mol. The lowest BCUT2D eigenvalue weighted by Gasteiger charge is -2.19. The Morgan fingerprint density at radius 1 is 1.44 bits per heavy atom. The maximum atomic E-state index is 11.7. The molecule has 1 aromatic carbocycles. The first-order valence-electron chi connectivity index (χ1n) is 5.09. The Morgan fingerprint density at radius 2 is 2.06 bits per heavy atom. The van der Waals surface area contributed by atoms with Gasteiger partial charge in [-0.05, 0) is 38.5 Å². The second kappa shape index (κ2) is 4.53. The Morgan fingerprint density at radius 3 is 2.56 bits per heavy atom. The molecule has 1 aromatic rings. The molecule has 4 heteroatoms. The van der Waals surface area contributed by atoms with E-state index in [9.17, 15) is 4.79 Å². The van der Waals surface area contributed by atoms with Gasteiger partial charge in [0.05, 0.1) is 18.3 Å².